The van der Waals surface area contributed by atoms with Gasteiger partial charge in [0.1, 0.15) is 6.54 Å². The molecule has 0 unspecified atom stereocenters. The van der Waals surface area contributed by atoms with Gasteiger partial charge in [0.05, 0.1) is 5.41 Å². The highest BCUT2D eigenvalue weighted by Gasteiger charge is 2.44. The predicted molar refractivity (Wildman–Crippen MR) is 205 cm³/mol. The zero-order valence-corrected chi connectivity index (χ0v) is 32.3. The number of halogens is 3. The lowest BCUT2D eigenvalue weighted by Crippen LogP contribution is -2.28. The molecule has 3 aliphatic rings. The molecule has 0 bridgehead atoms. The number of hydrogen-bond donors (Lipinski definition) is 0. The second-order valence-corrected chi connectivity index (χ2v) is 17.1. The summed E-state index contributed by atoms with van der Waals surface area (Å²) in [5.41, 5.74) is 10.4. The molecule has 0 amide bonds. The van der Waals surface area contributed by atoms with E-state index in [-0.39, 0.29) is 10.8 Å². The number of allylic oxidation sites excluding steroid dienone is 8. The van der Waals surface area contributed by atoms with Crippen LogP contribution in [-0.2, 0) is 10.8 Å². The maximum atomic E-state index is 7.13. The molecule has 0 atom stereocenters. The summed E-state index contributed by atoms with van der Waals surface area (Å²) >= 11 is 18.4. The molecule has 7 heteroatoms. The van der Waals surface area contributed by atoms with Gasteiger partial charge < -0.3 is 4.90 Å². The number of thioether (sulfide) groups is 2. The highest BCUT2D eigenvalue weighted by atomic mass is 79.9. The number of rotatable bonds is 11. The summed E-state index contributed by atoms with van der Waals surface area (Å²) in [7, 11) is 0. The normalized spacial score (nSPS) is 20.6. The summed E-state index contributed by atoms with van der Waals surface area (Å²) in [6, 6.07) is 13.4. The first-order valence-electron chi connectivity index (χ1n) is 15.5. The highest BCUT2D eigenvalue weighted by Crippen LogP contribution is 2.49. The molecule has 234 valence electrons. The van der Waals surface area contributed by atoms with Crippen LogP contribution in [0.2, 0.25) is 0 Å². The topological polar surface area (TPSA) is 6.25 Å². The van der Waals surface area contributed by atoms with Gasteiger partial charge >= 0.3 is 0 Å². The molecule has 2 nitrogen and oxygen atoms in total. The van der Waals surface area contributed by atoms with Crippen LogP contribution in [0.15, 0.2) is 91.5 Å². The minimum Gasteiger partial charge on any atom is -0.344 e. The van der Waals surface area contributed by atoms with Gasteiger partial charge in [-0.25, -0.2) is 0 Å². The molecule has 1 aliphatic carbocycles. The lowest BCUT2D eigenvalue weighted by Gasteiger charge is -2.27. The van der Waals surface area contributed by atoms with E-state index >= 15 is 0 Å². The van der Waals surface area contributed by atoms with Crippen molar-refractivity contribution in [3.05, 3.63) is 103 Å². The van der Waals surface area contributed by atoms with Crippen molar-refractivity contribution in [2.24, 2.45) is 0 Å². The fourth-order valence-electron chi connectivity index (χ4n) is 6.88. The van der Waals surface area contributed by atoms with E-state index in [0.717, 1.165) is 64.3 Å². The molecule has 2 heterocycles. The molecular formula is C37H44Br2ClN2S2+. The molecule has 0 saturated heterocycles. The Morgan fingerprint density at radius 2 is 1.55 bits per heavy atom. The predicted octanol–water partition coefficient (Wildman–Crippen LogP) is 11.5. The third-order valence-corrected chi connectivity index (χ3v) is 12.1. The van der Waals surface area contributed by atoms with Crippen molar-refractivity contribution >= 4 is 84.1 Å². The van der Waals surface area contributed by atoms with E-state index in [4.69, 9.17) is 11.6 Å². The summed E-state index contributed by atoms with van der Waals surface area (Å²) in [5, 5.41) is 0.911. The minimum absolute atomic E-state index is 0.0818. The molecule has 0 aromatic heterocycles. The van der Waals surface area contributed by atoms with Crippen molar-refractivity contribution in [2.45, 2.75) is 64.2 Å². The van der Waals surface area contributed by atoms with Crippen LogP contribution in [0.5, 0.6) is 0 Å². The summed E-state index contributed by atoms with van der Waals surface area (Å²) in [6.45, 7) is 11.4. The van der Waals surface area contributed by atoms with Crippen LogP contribution >= 0.6 is 67.0 Å². The van der Waals surface area contributed by atoms with E-state index < -0.39 is 0 Å². The van der Waals surface area contributed by atoms with E-state index in [9.17, 15) is 0 Å². The lowest BCUT2D eigenvalue weighted by molar-refractivity contribution is -0.437. The largest absolute Gasteiger partial charge is 0.344 e. The van der Waals surface area contributed by atoms with Crippen LogP contribution < -0.4 is 4.90 Å². The highest BCUT2D eigenvalue weighted by molar-refractivity contribution is 9.10. The third kappa shape index (κ3) is 6.76. The lowest BCUT2D eigenvalue weighted by atomic mass is 9.81. The number of hydrogen-bond acceptors (Lipinski definition) is 3. The summed E-state index contributed by atoms with van der Waals surface area (Å²) < 4.78 is 4.80. The van der Waals surface area contributed by atoms with Crippen molar-refractivity contribution in [1.29, 1.82) is 0 Å². The molecule has 44 heavy (non-hydrogen) atoms. The molecule has 0 N–H and O–H groups in total. The van der Waals surface area contributed by atoms with Crippen molar-refractivity contribution in [3.8, 4) is 0 Å². The first-order chi connectivity index (χ1) is 21.0. The molecule has 0 spiro atoms. The molecule has 0 radical (unpaired) electrons. The van der Waals surface area contributed by atoms with Crippen LogP contribution in [0.3, 0.4) is 0 Å². The SMILES string of the molecule is CSCCCN1/C(=C/C=C2\CCC(/C=C/C3=[N+](CCCSC)c4ccc(Br)cc4C3(C)C)=C2Cl)C(C)(C)c2cc(Br)ccc21. The fourth-order valence-corrected chi connectivity index (χ4v) is 8.75. The van der Waals surface area contributed by atoms with Gasteiger partial charge in [-0.3, -0.25) is 0 Å². The smallest absolute Gasteiger partial charge is 0.209 e. The summed E-state index contributed by atoms with van der Waals surface area (Å²) in [5.74, 6) is 2.32. The first kappa shape index (κ1) is 34.2. The molecule has 2 aromatic rings. The maximum Gasteiger partial charge on any atom is 0.209 e. The second-order valence-electron chi connectivity index (χ2n) is 12.9. The van der Waals surface area contributed by atoms with Gasteiger partial charge in [-0.2, -0.15) is 28.1 Å². The monoisotopic (exact) mass is 773 g/mol. The number of fused-ring (bicyclic) bond motifs is 2. The minimum atomic E-state index is -0.0818. The summed E-state index contributed by atoms with van der Waals surface area (Å²) in [6.07, 6.45) is 17.9. The van der Waals surface area contributed by atoms with Crippen molar-refractivity contribution < 1.29 is 4.58 Å². The molecule has 2 aliphatic heterocycles. The zero-order valence-electron chi connectivity index (χ0n) is 26.8. The van der Waals surface area contributed by atoms with Gasteiger partial charge in [-0.05, 0) is 110 Å². The van der Waals surface area contributed by atoms with Gasteiger partial charge in [0.15, 0.2) is 5.71 Å². The van der Waals surface area contributed by atoms with Gasteiger partial charge in [0.25, 0.3) is 0 Å². The Kier molecular flexibility index (Phi) is 11.1. The second kappa shape index (κ2) is 14.3. The average Bonchev–Trinajstić information content (AvgIpc) is 3.51. The van der Waals surface area contributed by atoms with Crippen LogP contribution in [0.4, 0.5) is 11.4 Å². The van der Waals surface area contributed by atoms with Crippen molar-refractivity contribution in [2.75, 3.05) is 42.0 Å². The summed E-state index contributed by atoms with van der Waals surface area (Å²) in [4.78, 5) is 2.53. The van der Waals surface area contributed by atoms with E-state index in [0.29, 0.717) is 0 Å². The van der Waals surface area contributed by atoms with Gasteiger partial charge in [0, 0.05) is 61.4 Å². The Morgan fingerprint density at radius 1 is 0.864 bits per heavy atom. The molecular weight excluding hydrogens is 732 g/mol. The van der Waals surface area contributed by atoms with E-state index in [1.165, 1.54) is 45.1 Å². The Bertz CT molecular complexity index is 1580. The number of benzene rings is 2. The Labute approximate surface area is 295 Å². The van der Waals surface area contributed by atoms with Gasteiger partial charge in [-0.15, -0.1) is 0 Å². The number of anilines is 1. The molecule has 0 saturated carbocycles. The Hall–Kier alpha value is -1.18. The molecule has 2 aromatic carbocycles. The Morgan fingerprint density at radius 3 is 2.27 bits per heavy atom. The number of nitrogens with zero attached hydrogens (tertiary/aromatic N) is 2. The van der Waals surface area contributed by atoms with Crippen molar-refractivity contribution in [1.82, 2.24) is 0 Å². The van der Waals surface area contributed by atoms with E-state index in [1.54, 1.807) is 0 Å². The Balaban J connectivity index is 1.46. The van der Waals surface area contributed by atoms with Crippen LogP contribution in [0, 0.1) is 0 Å². The van der Waals surface area contributed by atoms with Crippen LogP contribution in [0.1, 0.15) is 64.5 Å². The average molecular weight is 776 g/mol. The van der Waals surface area contributed by atoms with E-state index in [2.05, 4.69) is 142 Å². The standard InChI is InChI=1S/C37H44Br2ClN2S2/c1-36(2)29-23-27(38)13-15-31(29)41(19-7-21-43-5)33(36)17-11-25-9-10-26(35(25)40)12-18-34-37(3,4)30-24-28(39)14-16-32(30)42(34)20-8-22-44-6/h11-18,23-24H,7-10,19-22H2,1-6H3/q+1. The fraction of sp³-hybridized carbons (Fsp3) is 0.432. The van der Waals surface area contributed by atoms with Gasteiger partial charge in [0.2, 0.25) is 5.69 Å². The first-order valence-corrected chi connectivity index (χ1v) is 20.2. The van der Waals surface area contributed by atoms with Crippen molar-refractivity contribution in [3.63, 3.8) is 0 Å². The third-order valence-electron chi connectivity index (χ3n) is 9.28. The maximum absolute atomic E-state index is 7.13. The van der Waals surface area contributed by atoms with Crippen LogP contribution in [0.25, 0.3) is 0 Å². The molecule has 5 rings (SSSR count). The zero-order chi connectivity index (χ0) is 31.6. The van der Waals surface area contributed by atoms with Gasteiger partial charge in [-0.1, -0.05) is 69.5 Å². The van der Waals surface area contributed by atoms with E-state index in [1.807, 2.05) is 23.5 Å². The molecule has 0 fully saturated rings. The van der Waals surface area contributed by atoms with Crippen LogP contribution in [-0.4, -0.2) is 47.4 Å². The quantitative estimate of drug-likeness (QED) is 0.166.